The second-order valence-corrected chi connectivity index (χ2v) is 27.4. The Hall–Kier alpha value is -7.65. The molecule has 12 aromatic rings. The molecule has 0 saturated heterocycles. The average molecular weight is 1280 g/mol. The predicted molar refractivity (Wildman–Crippen MR) is 377 cm³/mol. The summed E-state index contributed by atoms with van der Waals surface area (Å²) in [5, 5.41) is 6.60. The van der Waals surface area contributed by atoms with Crippen LogP contribution in [0.1, 0.15) is 101 Å². The largest absolute Gasteiger partial charge is 0.456 e. The summed E-state index contributed by atoms with van der Waals surface area (Å²) in [7, 11) is 0. The highest BCUT2D eigenvalue weighted by atomic mass is 79.9. The van der Waals surface area contributed by atoms with E-state index < -0.39 is 0 Å². The standard InChI is InChI=1S/C39H35ClN2O.C21H24ClN.C12H9NO.C6H4BrCl/c1-26-22-29(25-30(23-26)42-33-16-6-5-15-32(33)38(2)20-8-9-21-39(38,42)3)41(28-13-10-12-27(40)24-28)34-17-11-19-36-37(34)31-14-4-7-18-35(31)43-36;1-15-12-16(22)14-17(13-15)23-19-9-5-4-8-18(19)20(2)10-6-7-11-21(20,23)3;13-9-5-3-7-11-12(9)8-4-1-2-6-10(8)14-11;7-5-2-1-3-6(8)4-5/h4-7,10-19,22-25H,8-9,20-21H2,1-3H3;4-5,8-9,12-14H,6-7,10-11H2,1-3H3;1-7H,13H2;1-4H. The van der Waals surface area contributed by atoms with E-state index in [-0.39, 0.29) is 21.9 Å². The van der Waals surface area contributed by atoms with Crippen LogP contribution in [0.3, 0.4) is 0 Å². The number of hydrogen-bond acceptors (Lipinski definition) is 6. The van der Waals surface area contributed by atoms with Crippen LogP contribution in [0.15, 0.2) is 232 Å². The predicted octanol–water partition coefficient (Wildman–Crippen LogP) is 24.4. The third kappa shape index (κ3) is 10.4. The number of benzene rings is 10. The summed E-state index contributed by atoms with van der Waals surface area (Å²) in [4.78, 5) is 7.57. The molecule has 88 heavy (non-hydrogen) atoms. The number of nitrogens with zero attached hydrogens (tertiary/aromatic N) is 3. The summed E-state index contributed by atoms with van der Waals surface area (Å²) in [5.41, 5.74) is 24.3. The number of rotatable bonds is 5. The lowest BCUT2D eigenvalue weighted by Gasteiger charge is -2.50. The van der Waals surface area contributed by atoms with Crippen LogP contribution in [0.25, 0.3) is 43.9 Å². The fourth-order valence-corrected chi connectivity index (χ4v) is 16.5. The zero-order valence-electron chi connectivity index (χ0n) is 50.7. The third-order valence-corrected chi connectivity index (χ3v) is 21.0. The Bertz CT molecular complexity index is 4560. The lowest BCUT2D eigenvalue weighted by Crippen LogP contribution is -2.54. The van der Waals surface area contributed by atoms with E-state index in [4.69, 9.17) is 49.4 Å². The molecule has 0 spiro atoms. The number of anilines is 8. The van der Waals surface area contributed by atoms with Gasteiger partial charge >= 0.3 is 0 Å². The minimum Gasteiger partial charge on any atom is -0.456 e. The topological polar surface area (TPSA) is 62.0 Å². The molecule has 0 bridgehead atoms. The van der Waals surface area contributed by atoms with Crippen molar-refractivity contribution in [1.29, 1.82) is 0 Å². The second-order valence-electron chi connectivity index (χ2n) is 25.2. The summed E-state index contributed by atoms with van der Waals surface area (Å²) >= 11 is 21.9. The molecule has 4 atom stereocenters. The summed E-state index contributed by atoms with van der Waals surface area (Å²) in [6.07, 6.45) is 10.0. The monoisotopic (exact) mass is 1280 g/mol. The van der Waals surface area contributed by atoms with Crippen LogP contribution in [0.2, 0.25) is 15.1 Å². The van der Waals surface area contributed by atoms with Gasteiger partial charge in [0.05, 0.1) is 27.5 Å². The van der Waals surface area contributed by atoms with Gasteiger partial charge in [0.1, 0.15) is 22.3 Å². The first-order valence-electron chi connectivity index (χ1n) is 30.7. The summed E-state index contributed by atoms with van der Waals surface area (Å²) in [6, 6.07) is 75.4. The number of halogens is 4. The van der Waals surface area contributed by atoms with Gasteiger partial charge in [0.15, 0.2) is 0 Å². The van der Waals surface area contributed by atoms with Crippen molar-refractivity contribution >= 4 is 140 Å². The molecule has 2 aliphatic heterocycles. The first kappa shape index (κ1) is 59.3. The van der Waals surface area contributed by atoms with E-state index in [1.54, 1.807) is 0 Å². The molecule has 2 aliphatic carbocycles. The second kappa shape index (κ2) is 23.7. The molecule has 2 aromatic heterocycles. The fourth-order valence-electron chi connectivity index (χ4n) is 15.3. The smallest absolute Gasteiger partial charge is 0.137 e. The molecule has 2 saturated carbocycles. The maximum Gasteiger partial charge on any atom is 0.137 e. The Morgan fingerprint density at radius 1 is 0.432 bits per heavy atom. The molecular weight excluding hydrogens is 1210 g/mol. The molecule has 10 aromatic carbocycles. The van der Waals surface area contributed by atoms with Crippen LogP contribution < -0.4 is 20.4 Å². The van der Waals surface area contributed by atoms with Gasteiger partial charge in [-0.1, -0.05) is 187 Å². The highest BCUT2D eigenvalue weighted by Gasteiger charge is 2.59. The molecule has 16 rings (SSSR count). The van der Waals surface area contributed by atoms with Gasteiger partial charge in [0.2, 0.25) is 0 Å². The number of nitrogens with two attached hydrogens (primary N) is 1. The van der Waals surface area contributed by atoms with Gasteiger partial charge in [-0.15, -0.1) is 0 Å². The Morgan fingerprint density at radius 3 is 1.48 bits per heavy atom. The first-order chi connectivity index (χ1) is 42.5. The SMILES string of the molecule is Cc1cc(Cl)cc(N2c3ccccc3C3(C)CCCCC23C)c1.Cc1cc(N(c2cccc(Cl)c2)c2cccc3oc4ccccc4c23)cc(N2c3ccccc3C3(C)CCCCC23C)c1.Clc1cccc(Br)c1.Nc1cccc2oc3ccccc3c12. The lowest BCUT2D eigenvalue weighted by molar-refractivity contribution is 0.195. The van der Waals surface area contributed by atoms with Crippen molar-refractivity contribution in [2.24, 2.45) is 0 Å². The van der Waals surface area contributed by atoms with Crippen LogP contribution in [-0.2, 0) is 10.8 Å². The summed E-state index contributed by atoms with van der Waals surface area (Å²) < 4.78 is 13.0. The quantitative estimate of drug-likeness (QED) is 0.173. The van der Waals surface area contributed by atoms with E-state index in [0.717, 1.165) is 81.1 Å². The maximum absolute atomic E-state index is 6.63. The van der Waals surface area contributed by atoms with Crippen LogP contribution in [-0.4, -0.2) is 11.1 Å². The molecule has 6 nitrogen and oxygen atoms in total. The van der Waals surface area contributed by atoms with Crippen molar-refractivity contribution in [3.8, 4) is 0 Å². The Morgan fingerprint density at radius 2 is 0.909 bits per heavy atom. The summed E-state index contributed by atoms with van der Waals surface area (Å²) in [5.74, 6) is 0. The maximum atomic E-state index is 6.63. The Labute approximate surface area is 540 Å². The van der Waals surface area contributed by atoms with Gasteiger partial charge in [-0.3, -0.25) is 0 Å². The van der Waals surface area contributed by atoms with Crippen molar-refractivity contribution in [3.05, 3.63) is 260 Å². The van der Waals surface area contributed by atoms with Crippen molar-refractivity contribution < 1.29 is 8.83 Å². The Balaban J connectivity index is 0.000000131. The van der Waals surface area contributed by atoms with E-state index in [9.17, 15) is 0 Å². The first-order valence-corrected chi connectivity index (χ1v) is 32.6. The molecular formula is C78H72BrCl3N4O2. The van der Waals surface area contributed by atoms with Gasteiger partial charge < -0.3 is 29.3 Å². The van der Waals surface area contributed by atoms with E-state index in [2.05, 4.69) is 193 Å². The number of para-hydroxylation sites is 4. The molecule has 4 unspecified atom stereocenters. The third-order valence-electron chi connectivity index (χ3n) is 19.8. The van der Waals surface area contributed by atoms with Gasteiger partial charge in [-0.05, 0) is 197 Å². The van der Waals surface area contributed by atoms with Crippen molar-refractivity contribution in [1.82, 2.24) is 0 Å². The van der Waals surface area contributed by atoms with Gasteiger partial charge in [0.25, 0.3) is 0 Å². The number of nitrogen functional groups attached to an aromatic ring is 1. The zero-order valence-corrected chi connectivity index (χ0v) is 54.5. The minimum atomic E-state index is -0.0122. The highest BCUT2D eigenvalue weighted by molar-refractivity contribution is 9.10. The van der Waals surface area contributed by atoms with Crippen molar-refractivity contribution in [2.75, 3.05) is 20.4 Å². The van der Waals surface area contributed by atoms with Gasteiger partial charge in [0, 0.05) is 81.0 Å². The van der Waals surface area contributed by atoms with Crippen LogP contribution >= 0.6 is 50.7 Å². The molecule has 0 amide bonds. The van der Waals surface area contributed by atoms with Crippen LogP contribution in [0.4, 0.5) is 45.5 Å². The Kier molecular flexibility index (Phi) is 16.0. The summed E-state index contributed by atoms with van der Waals surface area (Å²) in [6.45, 7) is 14.2. The van der Waals surface area contributed by atoms with Crippen LogP contribution in [0.5, 0.6) is 0 Å². The average Bonchev–Trinajstić information content (AvgIpc) is 1.58. The molecule has 444 valence electrons. The van der Waals surface area contributed by atoms with E-state index in [0.29, 0.717) is 5.02 Å². The highest BCUT2D eigenvalue weighted by Crippen LogP contribution is 2.63. The molecule has 4 heterocycles. The van der Waals surface area contributed by atoms with E-state index in [1.807, 2.05) is 97.1 Å². The molecule has 2 N–H and O–H groups in total. The van der Waals surface area contributed by atoms with Gasteiger partial charge in [-0.2, -0.15) is 0 Å². The minimum absolute atomic E-state index is 0.0122. The number of hydrogen-bond donors (Lipinski definition) is 1. The zero-order chi connectivity index (χ0) is 61.1. The van der Waals surface area contributed by atoms with Crippen molar-refractivity contribution in [2.45, 2.75) is 115 Å². The number of fused-ring (bicyclic) bond motifs is 12. The molecule has 4 aliphatic rings. The number of aryl methyl sites for hydroxylation is 2. The van der Waals surface area contributed by atoms with Crippen LogP contribution in [0, 0.1) is 13.8 Å². The van der Waals surface area contributed by atoms with E-state index >= 15 is 0 Å². The molecule has 10 heteroatoms. The van der Waals surface area contributed by atoms with Gasteiger partial charge in [-0.25, -0.2) is 0 Å². The molecule has 0 radical (unpaired) electrons. The number of furan rings is 2. The normalized spacial score (nSPS) is 20.7. The van der Waals surface area contributed by atoms with E-state index in [1.165, 1.54) is 96.4 Å². The van der Waals surface area contributed by atoms with Crippen molar-refractivity contribution in [3.63, 3.8) is 0 Å². The fraction of sp³-hybridized carbons (Fsp3) is 0.231. The molecule has 2 fully saturated rings. The lowest BCUT2D eigenvalue weighted by atomic mass is 9.61.